The van der Waals surface area contributed by atoms with E-state index in [1.54, 1.807) is 18.4 Å². The molecule has 0 saturated heterocycles. The van der Waals surface area contributed by atoms with E-state index in [4.69, 9.17) is 4.74 Å². The van der Waals surface area contributed by atoms with E-state index in [2.05, 4.69) is 83.4 Å². The summed E-state index contributed by atoms with van der Waals surface area (Å²) in [4.78, 5) is 2.36. The van der Waals surface area contributed by atoms with Gasteiger partial charge >= 0.3 is 0 Å². The molecule has 0 bridgehead atoms. The third-order valence-corrected chi connectivity index (χ3v) is 5.90. The lowest BCUT2D eigenvalue weighted by atomic mass is 10.1. The molecule has 0 radical (unpaired) electrons. The minimum Gasteiger partial charge on any atom is -0.497 e. The van der Waals surface area contributed by atoms with E-state index >= 15 is 0 Å². The Labute approximate surface area is 164 Å². The lowest BCUT2D eigenvalue weighted by Crippen LogP contribution is -2.32. The van der Waals surface area contributed by atoms with Gasteiger partial charge in [-0.05, 0) is 48.9 Å². The van der Waals surface area contributed by atoms with Crippen LogP contribution in [0.1, 0.15) is 17.5 Å². The van der Waals surface area contributed by atoms with E-state index in [0.29, 0.717) is 0 Å². The molecule has 4 rings (SSSR count). The molecule has 0 saturated carbocycles. The van der Waals surface area contributed by atoms with Crippen LogP contribution in [-0.2, 0) is 7.05 Å². The summed E-state index contributed by atoms with van der Waals surface area (Å²) in [6, 6.07) is 16.8. The molecule has 0 spiro atoms. The number of methoxy groups -OCH3 is 1. The zero-order chi connectivity index (χ0) is 18.8. The van der Waals surface area contributed by atoms with Crippen molar-refractivity contribution in [1.29, 1.82) is 0 Å². The second-order valence-corrected chi connectivity index (χ2v) is 7.34. The number of anilines is 1. The summed E-state index contributed by atoms with van der Waals surface area (Å²) in [5.41, 5.74) is 6.15. The third-order valence-electron chi connectivity index (χ3n) is 4.93. The maximum atomic E-state index is 5.27. The predicted octanol–water partition coefficient (Wildman–Crippen LogP) is 5.14. The number of hydrogen-bond acceptors (Lipinski definition) is 3. The molecule has 3 nitrogen and oxygen atoms in total. The summed E-state index contributed by atoms with van der Waals surface area (Å²) in [7, 11) is 3.82. The Bertz CT molecular complexity index is 1020. The minimum absolute atomic E-state index is 0.878. The van der Waals surface area contributed by atoms with Crippen LogP contribution in [0.25, 0.3) is 23.4 Å². The molecule has 27 heavy (non-hydrogen) atoms. The van der Waals surface area contributed by atoms with Crippen molar-refractivity contribution in [1.82, 2.24) is 0 Å². The van der Waals surface area contributed by atoms with E-state index in [1.807, 2.05) is 12.1 Å². The molecule has 1 aromatic heterocycles. The van der Waals surface area contributed by atoms with Crippen LogP contribution >= 0.6 is 11.3 Å². The fraction of sp³-hybridized carbons (Fsp3) is 0.174. The van der Waals surface area contributed by atoms with Crippen molar-refractivity contribution in [3.05, 3.63) is 76.3 Å². The highest BCUT2D eigenvalue weighted by Gasteiger charge is 2.20. The fourth-order valence-electron chi connectivity index (χ4n) is 3.43. The topological polar surface area (TPSA) is 16.4 Å². The van der Waals surface area contributed by atoms with Gasteiger partial charge in [0.1, 0.15) is 12.8 Å². The highest BCUT2D eigenvalue weighted by atomic mass is 32.1. The smallest absolute Gasteiger partial charge is 0.264 e. The van der Waals surface area contributed by atoms with Crippen LogP contribution in [0.3, 0.4) is 0 Å². The van der Waals surface area contributed by atoms with Crippen LogP contribution in [0.5, 0.6) is 5.75 Å². The summed E-state index contributed by atoms with van der Waals surface area (Å²) in [6.07, 6.45) is 6.68. The molecule has 2 aromatic carbocycles. The van der Waals surface area contributed by atoms with Crippen molar-refractivity contribution >= 4 is 29.2 Å². The monoisotopic (exact) mass is 375 g/mol. The van der Waals surface area contributed by atoms with Crippen molar-refractivity contribution < 1.29 is 9.30 Å². The van der Waals surface area contributed by atoms with Crippen LogP contribution in [0.15, 0.2) is 65.7 Å². The summed E-state index contributed by atoms with van der Waals surface area (Å²) < 4.78 is 7.52. The molecule has 0 amide bonds. The Morgan fingerprint density at radius 2 is 1.85 bits per heavy atom. The average Bonchev–Trinajstić information content (AvgIpc) is 3.08. The van der Waals surface area contributed by atoms with Gasteiger partial charge in [0, 0.05) is 29.6 Å². The highest BCUT2D eigenvalue weighted by molar-refractivity contribution is 7.10. The molecule has 0 atom stereocenters. The molecule has 3 aromatic rings. The van der Waals surface area contributed by atoms with Gasteiger partial charge in [0.25, 0.3) is 5.01 Å². The fourth-order valence-corrected chi connectivity index (χ4v) is 4.40. The second-order valence-electron chi connectivity index (χ2n) is 6.45. The van der Waals surface area contributed by atoms with Gasteiger partial charge in [0.05, 0.1) is 12.5 Å². The molecule has 0 fully saturated rings. The Hall–Kier alpha value is -2.85. The second kappa shape index (κ2) is 7.41. The van der Waals surface area contributed by atoms with E-state index in [1.165, 1.54) is 33.2 Å². The maximum Gasteiger partial charge on any atom is 0.264 e. The number of allylic oxidation sites excluding steroid dienone is 1. The van der Waals surface area contributed by atoms with Gasteiger partial charge in [-0.3, -0.25) is 0 Å². The van der Waals surface area contributed by atoms with Crippen molar-refractivity contribution in [2.75, 3.05) is 18.6 Å². The number of hydrogen-bond donors (Lipinski definition) is 0. The number of nitrogens with zero attached hydrogens (tertiary/aromatic N) is 2. The quantitative estimate of drug-likeness (QED) is 0.587. The predicted molar refractivity (Wildman–Crippen MR) is 114 cm³/mol. The molecule has 2 heterocycles. The first-order valence-electron chi connectivity index (χ1n) is 9.09. The van der Waals surface area contributed by atoms with Gasteiger partial charge in [-0.25, -0.2) is 0 Å². The summed E-state index contributed by atoms with van der Waals surface area (Å²) in [6.45, 7) is 3.13. The summed E-state index contributed by atoms with van der Waals surface area (Å²) >= 11 is 1.76. The van der Waals surface area contributed by atoms with Gasteiger partial charge < -0.3 is 9.64 Å². The Balaban J connectivity index is 1.69. The molecule has 136 valence electrons. The van der Waals surface area contributed by atoms with Crippen LogP contribution < -0.4 is 14.2 Å². The molecule has 0 unspecified atom stereocenters. The Kier molecular flexibility index (Phi) is 4.82. The first-order chi connectivity index (χ1) is 13.2. The Morgan fingerprint density at radius 1 is 1.07 bits per heavy atom. The summed E-state index contributed by atoms with van der Waals surface area (Å²) in [5, 5.41) is 3.43. The number of likely N-dealkylation sites (N-methyl/N-ethyl adjacent to an activating group) is 1. The molecular formula is C23H23N2OS+. The largest absolute Gasteiger partial charge is 0.497 e. The lowest BCUT2D eigenvalue weighted by Gasteiger charge is -2.28. The number of para-hydroxylation sites is 1. The molecule has 0 N–H and O–H groups in total. The Morgan fingerprint density at radius 3 is 2.59 bits per heavy atom. The summed E-state index contributed by atoms with van der Waals surface area (Å²) in [5.74, 6) is 0.878. The minimum atomic E-state index is 0.878. The molecule has 0 aliphatic carbocycles. The average molecular weight is 376 g/mol. The van der Waals surface area contributed by atoms with Gasteiger partial charge in [-0.15, -0.1) is 0 Å². The van der Waals surface area contributed by atoms with E-state index in [9.17, 15) is 0 Å². The highest BCUT2D eigenvalue weighted by Crippen LogP contribution is 2.32. The number of rotatable bonds is 4. The van der Waals surface area contributed by atoms with E-state index in [-0.39, 0.29) is 0 Å². The first-order valence-corrected chi connectivity index (χ1v) is 9.97. The van der Waals surface area contributed by atoms with Crippen LogP contribution in [-0.4, -0.2) is 13.7 Å². The maximum absolute atomic E-state index is 5.27. The van der Waals surface area contributed by atoms with Crippen molar-refractivity contribution in [2.24, 2.45) is 7.05 Å². The van der Waals surface area contributed by atoms with Gasteiger partial charge in [-0.2, -0.15) is 4.57 Å². The zero-order valence-corrected chi connectivity index (χ0v) is 16.7. The van der Waals surface area contributed by atoms with Crippen LogP contribution in [0, 0.1) is 0 Å². The number of fused-ring (bicyclic) bond motifs is 1. The normalized spacial score (nSPS) is 14.5. The third kappa shape index (κ3) is 3.28. The number of aromatic nitrogens is 1. The molecular weight excluding hydrogens is 352 g/mol. The molecule has 1 aliphatic rings. The van der Waals surface area contributed by atoms with E-state index < -0.39 is 0 Å². The van der Waals surface area contributed by atoms with Gasteiger partial charge in [0.15, 0.2) is 0 Å². The lowest BCUT2D eigenvalue weighted by molar-refractivity contribution is -0.657. The van der Waals surface area contributed by atoms with E-state index in [0.717, 1.165) is 12.3 Å². The first kappa shape index (κ1) is 17.6. The van der Waals surface area contributed by atoms with Crippen molar-refractivity contribution in [2.45, 2.75) is 6.92 Å². The number of ether oxygens (including phenoxy) is 1. The van der Waals surface area contributed by atoms with Gasteiger partial charge in [0.2, 0.25) is 5.69 Å². The zero-order valence-electron chi connectivity index (χ0n) is 15.8. The SMILES string of the molecule is CCN1/C(=C/c2scc(-c3ccc(OC)cc3)[n+]2C)C=Cc2ccccc21. The molecule has 4 heteroatoms. The van der Waals surface area contributed by atoms with Crippen LogP contribution in [0.2, 0.25) is 0 Å². The number of benzene rings is 2. The standard InChI is InChI=1S/C23H23N2OS/c1-4-25-19(12-9-17-7-5-6-8-21(17)25)15-23-24(2)22(16-27-23)18-10-13-20(26-3)14-11-18/h5-16H,4H2,1-3H3/q+1. The van der Waals surface area contributed by atoms with Crippen molar-refractivity contribution in [3.8, 4) is 17.0 Å². The number of thiazole rings is 1. The van der Waals surface area contributed by atoms with Crippen molar-refractivity contribution in [3.63, 3.8) is 0 Å². The molecule has 1 aliphatic heterocycles. The van der Waals surface area contributed by atoms with Gasteiger partial charge in [-0.1, -0.05) is 35.6 Å². The van der Waals surface area contributed by atoms with Crippen LogP contribution in [0.4, 0.5) is 5.69 Å².